The van der Waals surface area contributed by atoms with Crippen LogP contribution in [0.15, 0.2) is 77.6 Å². The second-order valence-electron chi connectivity index (χ2n) is 10.3. The lowest BCUT2D eigenvalue weighted by Crippen LogP contribution is -2.76. The van der Waals surface area contributed by atoms with E-state index in [1.807, 2.05) is 23.8 Å². The van der Waals surface area contributed by atoms with Crippen molar-refractivity contribution < 1.29 is 24.2 Å². The van der Waals surface area contributed by atoms with Gasteiger partial charge >= 0.3 is 6.09 Å². The fourth-order valence-corrected chi connectivity index (χ4v) is 6.76. The number of hydrogen-bond acceptors (Lipinski definition) is 9. The van der Waals surface area contributed by atoms with E-state index in [-0.39, 0.29) is 54.9 Å². The number of allylic oxidation sites excluding steroid dienone is 2. The van der Waals surface area contributed by atoms with Crippen LogP contribution in [0.25, 0.3) is 0 Å². The fourth-order valence-electron chi connectivity index (χ4n) is 5.84. The minimum absolute atomic E-state index is 0.0573. The van der Waals surface area contributed by atoms with Crippen molar-refractivity contribution in [2.75, 3.05) is 26.7 Å². The molecule has 4 unspecified atom stereocenters. The van der Waals surface area contributed by atoms with Gasteiger partial charge in [-0.2, -0.15) is 5.01 Å². The normalized spacial score (nSPS) is 25.7. The Kier molecular flexibility index (Phi) is 7.50. The number of amides is 3. The maximum absolute atomic E-state index is 14.1. The molecule has 41 heavy (non-hydrogen) atoms. The van der Waals surface area contributed by atoms with E-state index in [4.69, 9.17) is 4.74 Å². The van der Waals surface area contributed by atoms with Crippen LogP contribution in [0.2, 0.25) is 0 Å². The number of hydrazine groups is 1. The number of carbonyl (C=O) groups excluding carboxylic acids is 3. The third kappa shape index (κ3) is 5.32. The van der Waals surface area contributed by atoms with E-state index in [0.717, 1.165) is 16.7 Å². The Morgan fingerprint density at radius 2 is 1.98 bits per heavy atom. The van der Waals surface area contributed by atoms with Crippen LogP contribution < -0.4 is 0 Å². The predicted molar refractivity (Wildman–Crippen MR) is 153 cm³/mol. The number of carbonyl (C=O) groups is 3. The summed E-state index contributed by atoms with van der Waals surface area (Å²) in [5, 5.41) is 13.1. The first-order valence-corrected chi connectivity index (χ1v) is 14.3. The number of hydrogen-bond donors (Lipinski definition) is 1. The number of ether oxygens (including phenoxy) is 1. The van der Waals surface area contributed by atoms with E-state index >= 15 is 0 Å². The Labute approximate surface area is 241 Å². The summed E-state index contributed by atoms with van der Waals surface area (Å²) in [6.07, 6.45) is 8.28. The van der Waals surface area contributed by atoms with Crippen molar-refractivity contribution in [1.82, 2.24) is 24.8 Å². The number of phenolic OH excluding ortho intramolecular Hbond substituents is 1. The molecule has 6 rings (SSSR count). The van der Waals surface area contributed by atoms with E-state index in [0.29, 0.717) is 6.54 Å². The van der Waals surface area contributed by atoms with Gasteiger partial charge in [-0.25, -0.2) is 9.80 Å². The second-order valence-corrected chi connectivity index (χ2v) is 11.3. The highest BCUT2D eigenvalue weighted by molar-refractivity contribution is 8.13. The maximum Gasteiger partial charge on any atom is 0.426 e. The summed E-state index contributed by atoms with van der Waals surface area (Å²) < 4.78 is 5.20. The first-order valence-electron chi connectivity index (χ1n) is 13.4. The van der Waals surface area contributed by atoms with Crippen molar-refractivity contribution in [3.8, 4) is 5.75 Å². The quantitative estimate of drug-likeness (QED) is 0.558. The molecule has 2 fully saturated rings. The molecule has 1 aromatic carbocycles. The van der Waals surface area contributed by atoms with E-state index in [1.54, 1.807) is 64.4 Å². The van der Waals surface area contributed by atoms with Crippen molar-refractivity contribution in [1.29, 1.82) is 0 Å². The molecular weight excluding hydrogens is 544 g/mol. The molecule has 0 bridgehead atoms. The van der Waals surface area contributed by atoms with E-state index in [1.165, 1.54) is 17.0 Å². The van der Waals surface area contributed by atoms with Gasteiger partial charge in [0.25, 0.3) is 0 Å². The number of fused-ring (bicyclic) bond motifs is 2. The molecular formula is C29H30N6O5S. The molecule has 0 radical (unpaired) electrons. The van der Waals surface area contributed by atoms with E-state index < -0.39 is 18.3 Å². The van der Waals surface area contributed by atoms with Gasteiger partial charge in [0.2, 0.25) is 11.8 Å². The lowest BCUT2D eigenvalue weighted by molar-refractivity contribution is -0.195. The molecule has 12 heteroatoms. The molecule has 4 atom stereocenters. The smallest absolute Gasteiger partial charge is 0.426 e. The highest BCUT2D eigenvalue weighted by atomic mass is 32.2. The predicted octanol–water partition coefficient (Wildman–Crippen LogP) is 2.20. The summed E-state index contributed by atoms with van der Waals surface area (Å²) >= 11 is 1.65. The van der Waals surface area contributed by atoms with Crippen LogP contribution >= 0.6 is 11.8 Å². The number of piperazine rings is 1. The number of aliphatic imine (C=N–C) groups is 1. The Morgan fingerprint density at radius 3 is 2.73 bits per heavy atom. The molecule has 11 nitrogen and oxygen atoms in total. The molecule has 1 aromatic heterocycles. The largest absolute Gasteiger partial charge is 0.508 e. The van der Waals surface area contributed by atoms with Gasteiger partial charge in [0.1, 0.15) is 18.0 Å². The van der Waals surface area contributed by atoms with Gasteiger partial charge in [-0.05, 0) is 34.9 Å². The molecule has 4 aliphatic rings. The van der Waals surface area contributed by atoms with Gasteiger partial charge in [0, 0.05) is 31.9 Å². The molecule has 4 heterocycles. The van der Waals surface area contributed by atoms with Gasteiger partial charge in [-0.1, -0.05) is 36.4 Å². The number of aromatic nitrogens is 1. The average molecular weight is 575 g/mol. The number of methoxy groups -OCH3 is 1. The van der Waals surface area contributed by atoms with Crippen LogP contribution in [0.5, 0.6) is 5.75 Å². The minimum Gasteiger partial charge on any atom is -0.508 e. The van der Waals surface area contributed by atoms with Crippen LogP contribution in [0.3, 0.4) is 0 Å². The Morgan fingerprint density at radius 1 is 1.15 bits per heavy atom. The van der Waals surface area contributed by atoms with Gasteiger partial charge < -0.3 is 19.6 Å². The molecule has 212 valence electrons. The molecule has 3 aliphatic heterocycles. The standard InChI is InChI=1S/C29H30N6O5S/c1-40-29(39)35-25-16-32(15-21-5-2-6-24-27(21)31-18-41-24)28(38)23(12-19-7-9-22(36)10-8-19)34(25)26(37)17-33(35)14-20-4-3-11-30-13-20/h2-11,13,18,23-25,27,36H,12,14-17H2,1H3. The molecule has 0 saturated carbocycles. The highest BCUT2D eigenvalue weighted by Crippen LogP contribution is 2.34. The summed E-state index contributed by atoms with van der Waals surface area (Å²) in [5.41, 5.74) is 4.46. The zero-order chi connectivity index (χ0) is 28.5. The summed E-state index contributed by atoms with van der Waals surface area (Å²) in [4.78, 5) is 53.2. The lowest BCUT2D eigenvalue weighted by atomic mass is 9.95. The molecule has 3 amide bonds. The SMILES string of the molecule is COC(=O)N1C2CN(CC3=CC=CC4SC=NC34)C(=O)C(Cc3ccc(O)cc3)N2C(=O)CN1Cc1cccnc1. The number of phenols is 1. The topological polar surface area (TPSA) is 119 Å². The van der Waals surface area contributed by atoms with E-state index in [9.17, 15) is 19.5 Å². The van der Waals surface area contributed by atoms with E-state index in [2.05, 4.69) is 16.1 Å². The fraction of sp³-hybridized carbons (Fsp3) is 0.345. The summed E-state index contributed by atoms with van der Waals surface area (Å²) in [7, 11) is 1.31. The van der Waals surface area contributed by atoms with Crippen LogP contribution in [0.1, 0.15) is 11.1 Å². The molecule has 1 aliphatic carbocycles. The summed E-state index contributed by atoms with van der Waals surface area (Å²) in [6, 6.07) is 9.36. The number of benzene rings is 1. The number of thioether (sulfide) groups is 1. The van der Waals surface area contributed by atoms with Gasteiger partial charge in [0.05, 0.1) is 37.0 Å². The molecule has 2 saturated heterocycles. The van der Waals surface area contributed by atoms with Gasteiger partial charge in [0.15, 0.2) is 0 Å². The summed E-state index contributed by atoms with van der Waals surface area (Å²) in [5.74, 6) is -0.343. The lowest BCUT2D eigenvalue weighted by Gasteiger charge is -2.54. The van der Waals surface area contributed by atoms with Crippen LogP contribution in [-0.4, -0.2) is 104 Å². The van der Waals surface area contributed by atoms with Crippen molar-refractivity contribution in [3.63, 3.8) is 0 Å². The monoisotopic (exact) mass is 574 g/mol. The first-order chi connectivity index (χ1) is 19.9. The van der Waals surface area contributed by atoms with Crippen molar-refractivity contribution in [2.24, 2.45) is 4.99 Å². The Hall–Kier alpha value is -4.16. The van der Waals surface area contributed by atoms with Crippen LogP contribution in [-0.2, 0) is 27.3 Å². The first kappa shape index (κ1) is 27.0. The van der Waals surface area contributed by atoms with Gasteiger partial charge in [-0.15, -0.1) is 11.8 Å². The van der Waals surface area contributed by atoms with Crippen molar-refractivity contribution in [3.05, 3.63) is 83.7 Å². The van der Waals surface area contributed by atoms with Gasteiger partial charge in [-0.3, -0.25) is 19.6 Å². The molecule has 1 N–H and O–H groups in total. The number of nitrogens with zero attached hydrogens (tertiary/aromatic N) is 6. The number of rotatable bonds is 6. The number of pyridine rings is 1. The zero-order valence-electron chi connectivity index (χ0n) is 22.4. The third-order valence-corrected chi connectivity index (χ3v) is 8.73. The van der Waals surface area contributed by atoms with Crippen molar-refractivity contribution >= 4 is 35.2 Å². The Bertz CT molecular complexity index is 1410. The Balaban J connectivity index is 1.36. The second kappa shape index (κ2) is 11.4. The third-order valence-electron chi connectivity index (χ3n) is 7.76. The van der Waals surface area contributed by atoms with Crippen molar-refractivity contribution in [2.45, 2.75) is 36.5 Å². The summed E-state index contributed by atoms with van der Waals surface area (Å²) in [6.45, 7) is 0.599. The maximum atomic E-state index is 14.1. The average Bonchev–Trinajstić information content (AvgIpc) is 3.47. The number of aromatic hydroxyl groups is 1. The van der Waals surface area contributed by atoms with Crippen LogP contribution in [0, 0.1) is 0 Å². The zero-order valence-corrected chi connectivity index (χ0v) is 23.3. The molecule has 2 aromatic rings. The molecule has 0 spiro atoms. The minimum atomic E-state index is -0.851. The highest BCUT2D eigenvalue weighted by Gasteiger charge is 2.52. The van der Waals surface area contributed by atoms with Crippen LogP contribution in [0.4, 0.5) is 4.79 Å².